The van der Waals surface area contributed by atoms with E-state index in [-0.39, 0.29) is 38.0 Å². The first-order valence-electron chi connectivity index (χ1n) is 8.73. The van der Waals surface area contributed by atoms with Gasteiger partial charge in [-0.3, -0.25) is 14.4 Å². The Morgan fingerprint density at radius 3 is 2.75 bits per heavy atom. The normalized spacial score (nSPS) is 16.6. The molecule has 1 aliphatic rings. The summed E-state index contributed by atoms with van der Waals surface area (Å²) in [5, 5.41) is 3.24. The van der Waals surface area contributed by atoms with Gasteiger partial charge < -0.3 is 14.5 Å². The standard InChI is InChI=1S/C20H15BrFNO5/c21-13-8-18-12(7-14(13)22)19(25)11-6-10(3-4-17(11)28-18)16(24)9-27-20(26)15-2-1-5-23-15/h3-4,6-8,15,23H,1-2,5,9H2. The van der Waals surface area contributed by atoms with Crippen LogP contribution in [0.1, 0.15) is 23.2 Å². The molecule has 0 aliphatic carbocycles. The van der Waals surface area contributed by atoms with Gasteiger partial charge in [-0.15, -0.1) is 0 Å². The average Bonchev–Trinajstić information content (AvgIpc) is 3.22. The second kappa shape index (κ2) is 7.44. The van der Waals surface area contributed by atoms with Crippen molar-refractivity contribution in [1.29, 1.82) is 0 Å². The lowest BCUT2D eigenvalue weighted by atomic mass is 10.1. The van der Waals surface area contributed by atoms with Gasteiger partial charge in [0.1, 0.15) is 23.0 Å². The zero-order chi connectivity index (χ0) is 19.8. The van der Waals surface area contributed by atoms with Gasteiger partial charge in [0.05, 0.1) is 15.2 Å². The Hall–Kier alpha value is -2.58. The zero-order valence-electron chi connectivity index (χ0n) is 14.6. The fraction of sp³-hybridized carbons (Fsp3) is 0.250. The van der Waals surface area contributed by atoms with Gasteiger partial charge in [-0.2, -0.15) is 0 Å². The maximum absolute atomic E-state index is 13.8. The summed E-state index contributed by atoms with van der Waals surface area (Å²) in [6.45, 7) is 0.336. The number of hydrogen-bond acceptors (Lipinski definition) is 6. The van der Waals surface area contributed by atoms with Crippen LogP contribution in [0.3, 0.4) is 0 Å². The molecule has 0 saturated carbocycles. The van der Waals surface area contributed by atoms with Crippen molar-refractivity contribution in [2.75, 3.05) is 13.2 Å². The summed E-state index contributed by atoms with van der Waals surface area (Å²) in [6.07, 6.45) is 1.57. The Kier molecular flexibility index (Phi) is 4.99. The molecule has 6 nitrogen and oxygen atoms in total. The third kappa shape index (κ3) is 3.45. The fourth-order valence-corrected chi connectivity index (χ4v) is 3.55. The monoisotopic (exact) mass is 447 g/mol. The Bertz CT molecular complexity index is 1170. The van der Waals surface area contributed by atoms with Crippen molar-refractivity contribution in [3.05, 3.63) is 56.4 Å². The summed E-state index contributed by atoms with van der Waals surface area (Å²) < 4.78 is 24.7. The molecule has 1 aliphatic heterocycles. The molecule has 1 aromatic heterocycles. The number of halogens is 2. The van der Waals surface area contributed by atoms with Crippen molar-refractivity contribution in [2.45, 2.75) is 18.9 Å². The van der Waals surface area contributed by atoms with Crippen molar-refractivity contribution in [3.63, 3.8) is 0 Å². The summed E-state index contributed by atoms with van der Waals surface area (Å²) in [5.41, 5.74) is 0.288. The quantitative estimate of drug-likeness (QED) is 0.375. The van der Waals surface area contributed by atoms with Gasteiger partial charge in [-0.1, -0.05) is 0 Å². The first-order chi connectivity index (χ1) is 13.4. The van der Waals surface area contributed by atoms with Crippen LogP contribution in [0.2, 0.25) is 0 Å². The Morgan fingerprint density at radius 2 is 2.00 bits per heavy atom. The number of rotatable bonds is 4. The number of benzene rings is 2. The third-order valence-corrected chi connectivity index (χ3v) is 5.33. The third-order valence-electron chi connectivity index (χ3n) is 4.72. The van der Waals surface area contributed by atoms with Crippen LogP contribution < -0.4 is 10.7 Å². The van der Waals surface area contributed by atoms with E-state index in [1.165, 1.54) is 24.3 Å². The molecule has 2 aromatic carbocycles. The smallest absolute Gasteiger partial charge is 0.323 e. The topological polar surface area (TPSA) is 85.6 Å². The molecule has 1 saturated heterocycles. The van der Waals surface area contributed by atoms with Gasteiger partial charge in [-0.25, -0.2) is 4.39 Å². The van der Waals surface area contributed by atoms with E-state index in [9.17, 15) is 18.8 Å². The Balaban J connectivity index is 1.63. The minimum Gasteiger partial charge on any atom is -0.456 e. The number of Topliss-reactive ketones (excluding diaryl/α,β-unsaturated/α-hetero) is 1. The highest BCUT2D eigenvalue weighted by atomic mass is 79.9. The van der Waals surface area contributed by atoms with Crippen LogP contribution in [0.15, 0.2) is 44.0 Å². The largest absolute Gasteiger partial charge is 0.456 e. The first-order valence-corrected chi connectivity index (χ1v) is 9.52. The SMILES string of the molecule is O=C(COC(=O)C1CCCN1)c1ccc2oc3cc(Br)c(F)cc3c(=O)c2c1. The van der Waals surface area contributed by atoms with Crippen molar-refractivity contribution < 1.29 is 23.1 Å². The van der Waals surface area contributed by atoms with Gasteiger partial charge in [0.15, 0.2) is 12.4 Å². The number of hydrogen-bond donors (Lipinski definition) is 1. The van der Waals surface area contributed by atoms with Crippen molar-refractivity contribution in [3.8, 4) is 0 Å². The van der Waals surface area contributed by atoms with Crippen LogP contribution in [0.4, 0.5) is 4.39 Å². The molecule has 28 heavy (non-hydrogen) atoms. The Morgan fingerprint density at radius 1 is 1.21 bits per heavy atom. The van der Waals surface area contributed by atoms with E-state index < -0.39 is 29.6 Å². The van der Waals surface area contributed by atoms with Gasteiger partial charge in [0.25, 0.3) is 0 Å². The Labute approximate surface area is 166 Å². The summed E-state index contributed by atoms with van der Waals surface area (Å²) in [4.78, 5) is 37.0. The predicted octanol–water partition coefficient (Wildman–Crippen LogP) is 3.33. The predicted molar refractivity (Wildman–Crippen MR) is 104 cm³/mol. The molecule has 1 atom stereocenters. The number of ketones is 1. The average molecular weight is 448 g/mol. The molecule has 1 fully saturated rings. The van der Waals surface area contributed by atoms with Crippen LogP contribution >= 0.6 is 15.9 Å². The van der Waals surface area contributed by atoms with Gasteiger partial charge in [-0.05, 0) is 65.6 Å². The summed E-state index contributed by atoms with van der Waals surface area (Å²) >= 11 is 3.06. The minimum absolute atomic E-state index is 0.0801. The van der Waals surface area contributed by atoms with Crippen molar-refractivity contribution in [2.24, 2.45) is 0 Å². The van der Waals surface area contributed by atoms with E-state index in [0.717, 1.165) is 19.0 Å². The van der Waals surface area contributed by atoms with E-state index in [2.05, 4.69) is 21.2 Å². The fourth-order valence-electron chi connectivity index (χ4n) is 3.23. The summed E-state index contributed by atoms with van der Waals surface area (Å²) in [6, 6.07) is 6.49. The lowest BCUT2D eigenvalue weighted by Gasteiger charge is -2.10. The van der Waals surface area contributed by atoms with Crippen LogP contribution in [0.25, 0.3) is 21.9 Å². The van der Waals surface area contributed by atoms with E-state index in [0.29, 0.717) is 6.42 Å². The molecule has 0 spiro atoms. The molecule has 8 heteroatoms. The molecule has 4 rings (SSSR count). The molecule has 1 N–H and O–H groups in total. The van der Waals surface area contributed by atoms with E-state index in [1.807, 2.05) is 0 Å². The second-order valence-electron chi connectivity index (χ2n) is 6.58. The van der Waals surface area contributed by atoms with Crippen LogP contribution in [-0.4, -0.2) is 30.9 Å². The van der Waals surface area contributed by atoms with Gasteiger partial charge >= 0.3 is 5.97 Å². The molecular weight excluding hydrogens is 433 g/mol. The first kappa shape index (κ1) is 18.8. The lowest BCUT2D eigenvalue weighted by Crippen LogP contribution is -2.33. The van der Waals surface area contributed by atoms with E-state index >= 15 is 0 Å². The number of esters is 1. The molecule has 2 heterocycles. The highest BCUT2D eigenvalue weighted by molar-refractivity contribution is 9.10. The number of ether oxygens (including phenoxy) is 1. The molecule has 1 unspecified atom stereocenters. The number of carbonyl (C=O) groups excluding carboxylic acids is 2. The van der Waals surface area contributed by atoms with Gasteiger partial charge in [0.2, 0.25) is 5.43 Å². The van der Waals surface area contributed by atoms with Crippen molar-refractivity contribution >= 4 is 49.6 Å². The van der Waals surface area contributed by atoms with E-state index in [1.54, 1.807) is 0 Å². The highest BCUT2D eigenvalue weighted by Gasteiger charge is 2.24. The molecular formula is C20H15BrFNO5. The zero-order valence-corrected chi connectivity index (χ0v) is 16.2. The lowest BCUT2D eigenvalue weighted by molar-refractivity contribution is -0.144. The molecule has 144 valence electrons. The molecule has 0 radical (unpaired) electrons. The second-order valence-corrected chi connectivity index (χ2v) is 7.44. The van der Waals surface area contributed by atoms with Gasteiger partial charge in [0, 0.05) is 5.56 Å². The number of fused-ring (bicyclic) bond motifs is 2. The maximum atomic E-state index is 13.8. The van der Waals surface area contributed by atoms with Crippen LogP contribution in [-0.2, 0) is 9.53 Å². The maximum Gasteiger partial charge on any atom is 0.323 e. The molecule has 0 amide bonds. The molecule has 3 aromatic rings. The summed E-state index contributed by atoms with van der Waals surface area (Å²) in [7, 11) is 0. The highest BCUT2D eigenvalue weighted by Crippen LogP contribution is 2.25. The van der Waals surface area contributed by atoms with Crippen LogP contribution in [0, 0.1) is 5.82 Å². The summed E-state index contributed by atoms with van der Waals surface area (Å²) in [5.74, 6) is -1.48. The van der Waals surface area contributed by atoms with Crippen molar-refractivity contribution in [1.82, 2.24) is 5.32 Å². The minimum atomic E-state index is -0.584. The molecule has 0 bridgehead atoms. The van der Waals surface area contributed by atoms with E-state index in [4.69, 9.17) is 9.15 Å². The van der Waals surface area contributed by atoms with Crippen LogP contribution in [0.5, 0.6) is 0 Å². The number of nitrogens with one attached hydrogen (secondary N) is 1. The number of carbonyl (C=O) groups is 2.